The van der Waals surface area contributed by atoms with Crippen molar-refractivity contribution in [3.8, 4) is 5.75 Å². The molecule has 2 nitrogen and oxygen atoms in total. The second-order valence-corrected chi connectivity index (χ2v) is 6.03. The number of hydrogen-bond acceptors (Lipinski definition) is 2. The summed E-state index contributed by atoms with van der Waals surface area (Å²) in [4.78, 5) is 0. The molecule has 0 atom stereocenters. The molecule has 0 fully saturated rings. The summed E-state index contributed by atoms with van der Waals surface area (Å²) in [5.74, 6) is 0.775. The SMILES string of the molecule is NCCc1ccc(OCc2ccc(Cl)cc2Cl)c(Br)c1. The van der Waals surface area contributed by atoms with E-state index in [0.29, 0.717) is 23.2 Å². The van der Waals surface area contributed by atoms with Crippen LogP contribution in [-0.4, -0.2) is 6.54 Å². The van der Waals surface area contributed by atoms with Crippen molar-refractivity contribution < 1.29 is 4.74 Å². The Morgan fingerprint density at radius 3 is 2.55 bits per heavy atom. The predicted molar refractivity (Wildman–Crippen MR) is 87.7 cm³/mol. The monoisotopic (exact) mass is 373 g/mol. The van der Waals surface area contributed by atoms with Gasteiger partial charge in [-0.3, -0.25) is 0 Å². The molecule has 20 heavy (non-hydrogen) atoms. The molecule has 0 aliphatic rings. The first-order chi connectivity index (χ1) is 9.60. The highest BCUT2D eigenvalue weighted by Crippen LogP contribution is 2.28. The molecule has 2 N–H and O–H groups in total. The van der Waals surface area contributed by atoms with Gasteiger partial charge in [-0.05, 0) is 58.7 Å². The zero-order valence-electron chi connectivity index (χ0n) is 10.7. The summed E-state index contributed by atoms with van der Waals surface area (Å²) in [7, 11) is 0. The van der Waals surface area contributed by atoms with Crippen LogP contribution in [0, 0.1) is 0 Å². The van der Waals surface area contributed by atoms with Gasteiger partial charge in [-0.2, -0.15) is 0 Å². The van der Waals surface area contributed by atoms with Crippen LogP contribution in [0.25, 0.3) is 0 Å². The van der Waals surface area contributed by atoms with Crippen LogP contribution in [0.15, 0.2) is 40.9 Å². The third-order valence-corrected chi connectivity index (χ3v) is 4.03. The van der Waals surface area contributed by atoms with E-state index in [2.05, 4.69) is 15.9 Å². The van der Waals surface area contributed by atoms with Gasteiger partial charge in [-0.25, -0.2) is 0 Å². The molecule has 0 amide bonds. The van der Waals surface area contributed by atoms with Gasteiger partial charge in [0.2, 0.25) is 0 Å². The maximum Gasteiger partial charge on any atom is 0.134 e. The summed E-state index contributed by atoms with van der Waals surface area (Å²) >= 11 is 15.5. The van der Waals surface area contributed by atoms with Crippen LogP contribution in [0.1, 0.15) is 11.1 Å². The lowest BCUT2D eigenvalue weighted by Crippen LogP contribution is -2.03. The average Bonchev–Trinajstić information content (AvgIpc) is 2.40. The second kappa shape index (κ2) is 7.32. The second-order valence-electron chi connectivity index (χ2n) is 4.33. The molecule has 0 radical (unpaired) electrons. The quantitative estimate of drug-likeness (QED) is 0.812. The lowest BCUT2D eigenvalue weighted by atomic mass is 10.1. The van der Waals surface area contributed by atoms with Crippen LogP contribution in [0.2, 0.25) is 10.0 Å². The fourth-order valence-electron chi connectivity index (χ4n) is 1.78. The minimum atomic E-state index is 0.394. The fourth-order valence-corrected chi connectivity index (χ4v) is 2.78. The van der Waals surface area contributed by atoms with Crippen molar-refractivity contribution in [2.75, 3.05) is 6.54 Å². The largest absolute Gasteiger partial charge is 0.488 e. The van der Waals surface area contributed by atoms with Gasteiger partial charge in [0, 0.05) is 15.6 Å². The Bertz CT molecular complexity index is 604. The smallest absolute Gasteiger partial charge is 0.134 e. The predicted octanol–water partition coefficient (Wildman–Crippen LogP) is 4.84. The molecule has 2 aromatic rings. The number of hydrogen-bond donors (Lipinski definition) is 1. The van der Waals surface area contributed by atoms with E-state index in [9.17, 15) is 0 Å². The van der Waals surface area contributed by atoms with Crippen LogP contribution >= 0.6 is 39.1 Å². The molecule has 0 aromatic heterocycles. The van der Waals surface area contributed by atoms with Gasteiger partial charge in [-0.1, -0.05) is 35.3 Å². The van der Waals surface area contributed by atoms with Crippen molar-refractivity contribution in [3.05, 3.63) is 62.0 Å². The fraction of sp³-hybridized carbons (Fsp3) is 0.200. The van der Waals surface area contributed by atoms with Crippen molar-refractivity contribution in [2.24, 2.45) is 5.73 Å². The van der Waals surface area contributed by atoms with Gasteiger partial charge >= 0.3 is 0 Å². The van der Waals surface area contributed by atoms with Crippen LogP contribution in [0.4, 0.5) is 0 Å². The average molecular weight is 375 g/mol. The maximum absolute atomic E-state index is 6.11. The third-order valence-electron chi connectivity index (χ3n) is 2.83. The highest BCUT2D eigenvalue weighted by molar-refractivity contribution is 9.10. The summed E-state index contributed by atoms with van der Waals surface area (Å²) in [5, 5.41) is 1.22. The molecule has 0 bridgehead atoms. The zero-order valence-corrected chi connectivity index (χ0v) is 13.8. The maximum atomic E-state index is 6.11. The van der Waals surface area contributed by atoms with Crippen LogP contribution in [0.3, 0.4) is 0 Å². The Morgan fingerprint density at radius 2 is 1.90 bits per heavy atom. The molecule has 0 saturated heterocycles. The standard InChI is InChI=1S/C15H14BrCl2NO/c16-13-7-10(5-6-19)1-4-15(13)20-9-11-2-3-12(17)8-14(11)18/h1-4,7-8H,5-6,9,19H2. The third kappa shape index (κ3) is 4.13. The van der Waals surface area contributed by atoms with E-state index >= 15 is 0 Å². The van der Waals surface area contributed by atoms with Crippen molar-refractivity contribution >= 4 is 39.1 Å². The first-order valence-corrected chi connectivity index (χ1v) is 7.70. The Labute approximate surface area is 137 Å². The van der Waals surface area contributed by atoms with E-state index in [1.54, 1.807) is 12.1 Å². The molecule has 2 rings (SSSR count). The minimum Gasteiger partial charge on any atom is -0.488 e. The van der Waals surface area contributed by atoms with E-state index in [-0.39, 0.29) is 0 Å². The van der Waals surface area contributed by atoms with Gasteiger partial charge in [0.15, 0.2) is 0 Å². The summed E-state index contributed by atoms with van der Waals surface area (Å²) < 4.78 is 6.68. The summed E-state index contributed by atoms with van der Waals surface area (Å²) in [6, 6.07) is 11.3. The molecular weight excluding hydrogens is 361 g/mol. The number of ether oxygens (including phenoxy) is 1. The van der Waals surface area contributed by atoms with E-state index in [4.69, 9.17) is 33.7 Å². The van der Waals surface area contributed by atoms with Crippen LogP contribution in [0.5, 0.6) is 5.75 Å². The molecule has 106 valence electrons. The normalized spacial score (nSPS) is 10.6. The number of rotatable bonds is 5. The van der Waals surface area contributed by atoms with E-state index in [1.807, 2.05) is 24.3 Å². The van der Waals surface area contributed by atoms with Gasteiger partial charge in [0.1, 0.15) is 12.4 Å². The molecule has 0 spiro atoms. The molecule has 0 heterocycles. The number of benzene rings is 2. The van der Waals surface area contributed by atoms with Gasteiger partial charge in [0.05, 0.1) is 4.47 Å². The van der Waals surface area contributed by atoms with Crippen molar-refractivity contribution in [1.29, 1.82) is 0 Å². The minimum absolute atomic E-state index is 0.394. The summed E-state index contributed by atoms with van der Waals surface area (Å²) in [6.07, 6.45) is 0.849. The van der Waals surface area contributed by atoms with E-state index in [0.717, 1.165) is 22.2 Å². The first-order valence-electron chi connectivity index (χ1n) is 6.15. The van der Waals surface area contributed by atoms with Gasteiger partial charge < -0.3 is 10.5 Å². The highest BCUT2D eigenvalue weighted by atomic mass is 79.9. The lowest BCUT2D eigenvalue weighted by molar-refractivity contribution is 0.304. The van der Waals surface area contributed by atoms with E-state index in [1.165, 1.54) is 5.56 Å². The Balaban J connectivity index is 2.07. The summed E-state index contributed by atoms with van der Waals surface area (Å²) in [5.41, 5.74) is 7.61. The number of nitrogens with two attached hydrogens (primary N) is 1. The van der Waals surface area contributed by atoms with Crippen LogP contribution < -0.4 is 10.5 Å². The van der Waals surface area contributed by atoms with E-state index < -0.39 is 0 Å². The van der Waals surface area contributed by atoms with Gasteiger partial charge in [0.25, 0.3) is 0 Å². The molecule has 5 heteroatoms. The lowest BCUT2D eigenvalue weighted by Gasteiger charge is -2.11. The molecule has 0 saturated carbocycles. The molecule has 0 unspecified atom stereocenters. The summed E-state index contributed by atoms with van der Waals surface area (Å²) in [6.45, 7) is 1.03. The Morgan fingerprint density at radius 1 is 1.10 bits per heavy atom. The molecule has 0 aliphatic carbocycles. The van der Waals surface area contributed by atoms with Crippen molar-refractivity contribution in [3.63, 3.8) is 0 Å². The molecule has 0 aliphatic heterocycles. The Hall–Kier alpha value is -0.740. The number of halogens is 3. The highest BCUT2D eigenvalue weighted by Gasteiger charge is 2.06. The van der Waals surface area contributed by atoms with Crippen molar-refractivity contribution in [1.82, 2.24) is 0 Å². The van der Waals surface area contributed by atoms with Crippen molar-refractivity contribution in [2.45, 2.75) is 13.0 Å². The van der Waals surface area contributed by atoms with Crippen LogP contribution in [-0.2, 0) is 13.0 Å². The van der Waals surface area contributed by atoms with Gasteiger partial charge in [-0.15, -0.1) is 0 Å². The molecular formula is C15H14BrCl2NO. The zero-order chi connectivity index (χ0) is 14.5. The topological polar surface area (TPSA) is 35.2 Å². The first kappa shape index (κ1) is 15.6. The Kier molecular flexibility index (Phi) is 5.73. The molecule has 2 aromatic carbocycles.